The molecule has 2 aromatic rings. The Kier molecular flexibility index (Phi) is 4.52. The van der Waals surface area contributed by atoms with Crippen molar-refractivity contribution in [3.8, 4) is 0 Å². The van der Waals surface area contributed by atoms with Crippen LogP contribution < -0.4 is 0 Å². The van der Waals surface area contributed by atoms with Gasteiger partial charge in [0.05, 0.1) is 11.5 Å². The highest BCUT2D eigenvalue weighted by molar-refractivity contribution is 7.27. The summed E-state index contributed by atoms with van der Waals surface area (Å²) in [6.45, 7) is 0.277. The maximum Gasteiger partial charge on any atom is 0.323 e. The zero-order valence-electron chi connectivity index (χ0n) is 10.3. The lowest BCUT2D eigenvalue weighted by Crippen LogP contribution is -2.37. The number of carbonyl (C=O) groups excluding carboxylic acids is 1. The normalized spacial score (nSPS) is 10.8. The van der Waals surface area contributed by atoms with Crippen molar-refractivity contribution in [1.29, 1.82) is 0 Å². The molecule has 0 saturated carbocycles. The lowest BCUT2D eigenvalue weighted by molar-refractivity contribution is -0.137. The minimum absolute atomic E-state index is 0.257. The van der Waals surface area contributed by atoms with Crippen LogP contribution in [0.1, 0.15) is 9.67 Å². The van der Waals surface area contributed by atoms with Crippen molar-refractivity contribution in [2.24, 2.45) is 0 Å². The SMILES string of the molecule is COCCN(CC(=O)O)C(=O)c1cc2sccc2s1. The Labute approximate surface area is 118 Å². The first kappa shape index (κ1) is 14.0. The van der Waals surface area contributed by atoms with E-state index in [0.717, 1.165) is 9.40 Å². The van der Waals surface area contributed by atoms with E-state index in [-0.39, 0.29) is 19.0 Å². The van der Waals surface area contributed by atoms with Gasteiger partial charge >= 0.3 is 5.97 Å². The summed E-state index contributed by atoms with van der Waals surface area (Å²) in [4.78, 5) is 24.9. The maximum atomic E-state index is 12.3. The van der Waals surface area contributed by atoms with E-state index in [2.05, 4.69) is 0 Å². The van der Waals surface area contributed by atoms with E-state index in [1.54, 1.807) is 11.3 Å². The number of ether oxygens (including phenoxy) is 1. The third kappa shape index (κ3) is 3.31. The fraction of sp³-hybridized carbons (Fsp3) is 0.333. The van der Waals surface area contributed by atoms with Gasteiger partial charge in [-0.25, -0.2) is 0 Å². The molecule has 7 heteroatoms. The standard InChI is InChI=1S/C12H13NO4S2/c1-17-4-3-13(7-11(14)15)12(16)10-6-9-8(19-10)2-5-18-9/h2,5-6H,3-4,7H2,1H3,(H,14,15). The van der Waals surface area contributed by atoms with Crippen molar-refractivity contribution in [3.05, 3.63) is 22.4 Å². The third-order valence-electron chi connectivity index (χ3n) is 2.53. The highest BCUT2D eigenvalue weighted by Crippen LogP contribution is 2.30. The zero-order chi connectivity index (χ0) is 13.8. The van der Waals surface area contributed by atoms with Crippen LogP contribution in [0.25, 0.3) is 9.40 Å². The summed E-state index contributed by atoms with van der Waals surface area (Å²) >= 11 is 2.95. The average molecular weight is 299 g/mol. The second kappa shape index (κ2) is 6.14. The Bertz CT molecular complexity index is 561. The van der Waals surface area contributed by atoms with Gasteiger partial charge in [-0.1, -0.05) is 0 Å². The van der Waals surface area contributed by atoms with Crippen LogP contribution in [0.15, 0.2) is 17.5 Å². The van der Waals surface area contributed by atoms with E-state index in [9.17, 15) is 9.59 Å². The molecule has 0 spiro atoms. The van der Waals surface area contributed by atoms with Crippen molar-refractivity contribution in [3.63, 3.8) is 0 Å². The van der Waals surface area contributed by atoms with E-state index in [0.29, 0.717) is 11.5 Å². The number of rotatable bonds is 6. The molecule has 102 valence electrons. The number of hydrogen-bond donors (Lipinski definition) is 1. The second-order valence-electron chi connectivity index (χ2n) is 3.87. The number of hydrogen-bond acceptors (Lipinski definition) is 5. The number of carboxylic acid groups (broad SMARTS) is 1. The molecule has 1 amide bonds. The van der Waals surface area contributed by atoms with Gasteiger partial charge in [0.15, 0.2) is 0 Å². The number of fused-ring (bicyclic) bond motifs is 1. The highest BCUT2D eigenvalue weighted by Gasteiger charge is 2.20. The van der Waals surface area contributed by atoms with Crippen LogP contribution in [-0.4, -0.2) is 48.7 Å². The van der Waals surface area contributed by atoms with Crippen molar-refractivity contribution in [1.82, 2.24) is 4.90 Å². The minimum atomic E-state index is -1.03. The Hall–Kier alpha value is -1.44. The summed E-state index contributed by atoms with van der Waals surface area (Å²) in [5.74, 6) is -1.28. The van der Waals surface area contributed by atoms with Gasteiger partial charge in [-0.3, -0.25) is 9.59 Å². The maximum absolute atomic E-state index is 12.3. The quantitative estimate of drug-likeness (QED) is 0.887. The summed E-state index contributed by atoms with van der Waals surface area (Å²) in [5, 5.41) is 10.8. The van der Waals surface area contributed by atoms with Gasteiger partial charge in [-0.15, -0.1) is 22.7 Å². The monoisotopic (exact) mass is 299 g/mol. The highest BCUT2D eigenvalue weighted by atomic mass is 32.1. The Balaban J connectivity index is 2.17. The zero-order valence-corrected chi connectivity index (χ0v) is 11.9. The Morgan fingerprint density at radius 1 is 1.42 bits per heavy atom. The van der Waals surface area contributed by atoms with Crippen LogP contribution in [-0.2, 0) is 9.53 Å². The molecule has 0 aliphatic heterocycles. The molecule has 2 heterocycles. The number of carbonyl (C=O) groups is 2. The van der Waals surface area contributed by atoms with Gasteiger partial charge in [-0.2, -0.15) is 0 Å². The molecule has 1 N–H and O–H groups in total. The predicted octanol–water partition coefficient (Wildman–Crippen LogP) is 2.14. The molecule has 19 heavy (non-hydrogen) atoms. The fourth-order valence-corrected chi connectivity index (χ4v) is 3.72. The molecule has 0 unspecified atom stereocenters. The molecule has 0 aromatic carbocycles. The predicted molar refractivity (Wildman–Crippen MR) is 75.1 cm³/mol. The molecule has 2 rings (SSSR count). The molecule has 0 fully saturated rings. The van der Waals surface area contributed by atoms with Crippen LogP contribution in [0.3, 0.4) is 0 Å². The molecule has 0 aliphatic carbocycles. The van der Waals surface area contributed by atoms with Crippen molar-refractivity contribution in [2.45, 2.75) is 0 Å². The van der Waals surface area contributed by atoms with Crippen LogP contribution in [0.5, 0.6) is 0 Å². The summed E-state index contributed by atoms with van der Waals surface area (Å²) < 4.78 is 7.01. The van der Waals surface area contributed by atoms with E-state index in [1.807, 2.05) is 17.5 Å². The molecular weight excluding hydrogens is 286 g/mol. The number of carboxylic acids is 1. The topological polar surface area (TPSA) is 66.8 Å². The van der Waals surface area contributed by atoms with Gasteiger partial charge in [0, 0.05) is 23.1 Å². The molecule has 0 aliphatic rings. The number of thiophene rings is 2. The van der Waals surface area contributed by atoms with E-state index in [1.165, 1.54) is 23.3 Å². The number of nitrogens with zero attached hydrogens (tertiary/aromatic N) is 1. The van der Waals surface area contributed by atoms with Crippen molar-refractivity contribution in [2.75, 3.05) is 26.8 Å². The first-order valence-corrected chi connectivity index (χ1v) is 7.28. The lowest BCUT2D eigenvalue weighted by atomic mass is 10.3. The fourth-order valence-electron chi connectivity index (χ4n) is 1.64. The van der Waals surface area contributed by atoms with Crippen molar-refractivity contribution >= 4 is 43.9 Å². The van der Waals surface area contributed by atoms with Gasteiger partial charge in [0.25, 0.3) is 5.91 Å². The van der Waals surface area contributed by atoms with Gasteiger partial charge in [0.1, 0.15) is 6.54 Å². The summed E-state index contributed by atoms with van der Waals surface area (Å²) in [7, 11) is 1.52. The van der Waals surface area contributed by atoms with E-state index >= 15 is 0 Å². The lowest BCUT2D eigenvalue weighted by Gasteiger charge is -2.19. The number of amides is 1. The second-order valence-corrected chi connectivity index (χ2v) is 5.90. The molecule has 0 radical (unpaired) electrons. The first-order valence-electron chi connectivity index (χ1n) is 5.59. The first-order chi connectivity index (χ1) is 9.11. The third-order valence-corrected chi connectivity index (χ3v) is 4.61. The van der Waals surface area contributed by atoms with Crippen LogP contribution in [0.2, 0.25) is 0 Å². The molecule has 5 nitrogen and oxygen atoms in total. The van der Waals surface area contributed by atoms with Crippen molar-refractivity contribution < 1.29 is 19.4 Å². The minimum Gasteiger partial charge on any atom is -0.480 e. The van der Waals surface area contributed by atoms with Gasteiger partial charge in [-0.05, 0) is 17.5 Å². The molecule has 0 atom stereocenters. The summed E-state index contributed by atoms with van der Waals surface area (Å²) in [6, 6.07) is 3.77. The molecule has 0 saturated heterocycles. The molecule has 2 aromatic heterocycles. The van der Waals surface area contributed by atoms with Crippen LogP contribution in [0.4, 0.5) is 0 Å². The summed E-state index contributed by atoms with van der Waals surface area (Å²) in [5.41, 5.74) is 0. The van der Waals surface area contributed by atoms with Gasteiger partial charge < -0.3 is 14.7 Å². The smallest absolute Gasteiger partial charge is 0.323 e. The Morgan fingerprint density at radius 2 is 2.21 bits per heavy atom. The average Bonchev–Trinajstić information content (AvgIpc) is 2.93. The van der Waals surface area contributed by atoms with Crippen LogP contribution in [0, 0.1) is 0 Å². The molecule has 0 bridgehead atoms. The van der Waals surface area contributed by atoms with E-state index in [4.69, 9.17) is 9.84 Å². The summed E-state index contributed by atoms with van der Waals surface area (Å²) in [6.07, 6.45) is 0. The van der Waals surface area contributed by atoms with E-state index < -0.39 is 5.97 Å². The molecular formula is C12H13NO4S2. The number of methoxy groups -OCH3 is 1. The van der Waals surface area contributed by atoms with Gasteiger partial charge in [0.2, 0.25) is 0 Å². The Morgan fingerprint density at radius 3 is 2.84 bits per heavy atom. The largest absolute Gasteiger partial charge is 0.480 e. The van der Waals surface area contributed by atoms with Crippen LogP contribution >= 0.6 is 22.7 Å². The number of aliphatic carboxylic acids is 1.